The average Bonchev–Trinajstić information content (AvgIpc) is 3.17. The van der Waals surface area contributed by atoms with Crippen molar-refractivity contribution in [1.29, 1.82) is 0 Å². The van der Waals surface area contributed by atoms with E-state index in [2.05, 4.69) is 5.32 Å². The molecule has 2 aromatic carbocycles. The van der Waals surface area contributed by atoms with E-state index in [0.29, 0.717) is 23.4 Å². The highest BCUT2D eigenvalue weighted by molar-refractivity contribution is 7.20. The van der Waals surface area contributed by atoms with Crippen molar-refractivity contribution in [3.8, 4) is 16.2 Å². The molecule has 0 aliphatic heterocycles. The number of rotatable bonds is 8. The number of anilines is 1. The highest BCUT2D eigenvalue weighted by atomic mass is 32.1. The Kier molecular flexibility index (Phi) is 7.03. The van der Waals surface area contributed by atoms with E-state index in [1.54, 1.807) is 20.1 Å². The molecular formula is C23H23NO4S. The van der Waals surface area contributed by atoms with Crippen LogP contribution in [0, 0.1) is 0 Å². The van der Waals surface area contributed by atoms with Crippen molar-refractivity contribution in [2.75, 3.05) is 19.0 Å². The maximum Gasteiger partial charge on any atom is 0.341 e. The van der Waals surface area contributed by atoms with Crippen LogP contribution in [0.25, 0.3) is 10.4 Å². The molecule has 1 heterocycles. The van der Waals surface area contributed by atoms with Crippen molar-refractivity contribution in [2.24, 2.45) is 0 Å². The summed E-state index contributed by atoms with van der Waals surface area (Å²) in [7, 11) is 1.62. The van der Waals surface area contributed by atoms with Gasteiger partial charge in [-0.3, -0.25) is 4.79 Å². The standard InChI is InChI=1S/C23H23NO4S/c1-3-28-23(26)19-15-20(17-7-5-4-6-8-17)29-22(19)24-21(25)14-11-16-9-12-18(27-2)13-10-16/h4-10,12-13,15H,3,11,14H2,1-2H3,(H,24,25). The molecule has 1 amide bonds. The van der Waals surface area contributed by atoms with Gasteiger partial charge in [-0.25, -0.2) is 4.79 Å². The second-order valence-electron chi connectivity index (χ2n) is 6.34. The summed E-state index contributed by atoms with van der Waals surface area (Å²) in [4.78, 5) is 25.8. The predicted molar refractivity (Wildman–Crippen MR) is 116 cm³/mol. The third-order valence-corrected chi connectivity index (χ3v) is 5.44. The Balaban J connectivity index is 1.72. The first-order valence-electron chi connectivity index (χ1n) is 9.40. The maximum absolute atomic E-state index is 12.5. The van der Waals surface area contributed by atoms with Crippen molar-refractivity contribution in [3.63, 3.8) is 0 Å². The lowest BCUT2D eigenvalue weighted by atomic mass is 10.1. The van der Waals surface area contributed by atoms with Gasteiger partial charge in [-0.15, -0.1) is 11.3 Å². The van der Waals surface area contributed by atoms with Gasteiger partial charge in [-0.1, -0.05) is 42.5 Å². The molecule has 0 fully saturated rings. The normalized spacial score (nSPS) is 10.4. The van der Waals surface area contributed by atoms with Crippen LogP contribution in [0.3, 0.4) is 0 Å². The van der Waals surface area contributed by atoms with Gasteiger partial charge in [0.1, 0.15) is 10.8 Å². The molecule has 3 rings (SSSR count). The van der Waals surface area contributed by atoms with E-state index in [0.717, 1.165) is 21.8 Å². The molecule has 150 valence electrons. The Morgan fingerprint density at radius 3 is 2.41 bits per heavy atom. The van der Waals surface area contributed by atoms with Gasteiger partial charge in [0.25, 0.3) is 0 Å². The Morgan fingerprint density at radius 1 is 1.03 bits per heavy atom. The molecule has 0 unspecified atom stereocenters. The number of aryl methyl sites for hydroxylation is 1. The van der Waals surface area contributed by atoms with Crippen molar-refractivity contribution in [2.45, 2.75) is 19.8 Å². The average molecular weight is 410 g/mol. The van der Waals surface area contributed by atoms with Gasteiger partial charge in [-0.2, -0.15) is 0 Å². The lowest BCUT2D eigenvalue weighted by Gasteiger charge is -2.07. The number of methoxy groups -OCH3 is 1. The zero-order chi connectivity index (χ0) is 20.6. The van der Waals surface area contributed by atoms with E-state index >= 15 is 0 Å². The quantitative estimate of drug-likeness (QED) is 0.521. The Morgan fingerprint density at radius 2 is 1.76 bits per heavy atom. The number of esters is 1. The molecule has 0 aliphatic carbocycles. The molecule has 0 atom stereocenters. The summed E-state index contributed by atoms with van der Waals surface area (Å²) in [5, 5.41) is 3.40. The number of hydrogen-bond donors (Lipinski definition) is 1. The minimum absolute atomic E-state index is 0.146. The van der Waals surface area contributed by atoms with Gasteiger partial charge in [0.2, 0.25) is 5.91 Å². The van der Waals surface area contributed by atoms with Crippen LogP contribution in [0.5, 0.6) is 5.75 Å². The number of amides is 1. The zero-order valence-electron chi connectivity index (χ0n) is 16.4. The first-order chi connectivity index (χ1) is 14.1. The van der Waals surface area contributed by atoms with Gasteiger partial charge < -0.3 is 14.8 Å². The van der Waals surface area contributed by atoms with Crippen molar-refractivity contribution in [1.82, 2.24) is 0 Å². The van der Waals surface area contributed by atoms with Gasteiger partial charge in [0.15, 0.2) is 0 Å². The second-order valence-corrected chi connectivity index (χ2v) is 7.39. The summed E-state index contributed by atoms with van der Waals surface area (Å²) in [5.41, 5.74) is 2.41. The number of thiophene rings is 1. The monoisotopic (exact) mass is 409 g/mol. The molecule has 0 bridgehead atoms. The number of carbonyl (C=O) groups excluding carboxylic acids is 2. The van der Waals surface area contributed by atoms with Crippen molar-refractivity contribution in [3.05, 3.63) is 71.8 Å². The molecule has 0 radical (unpaired) electrons. The molecule has 3 aromatic rings. The van der Waals surface area contributed by atoms with Crippen LogP contribution in [-0.2, 0) is 16.0 Å². The molecule has 6 heteroatoms. The fourth-order valence-corrected chi connectivity index (χ4v) is 3.90. The molecule has 0 aliphatic rings. The van der Waals surface area contributed by atoms with Crippen LogP contribution in [0.2, 0.25) is 0 Å². The summed E-state index contributed by atoms with van der Waals surface area (Å²) in [6.07, 6.45) is 0.911. The summed E-state index contributed by atoms with van der Waals surface area (Å²) >= 11 is 1.37. The Labute approximate surface area is 174 Å². The molecule has 5 nitrogen and oxygen atoms in total. The highest BCUT2D eigenvalue weighted by Gasteiger charge is 2.19. The van der Waals surface area contributed by atoms with Crippen LogP contribution in [0.4, 0.5) is 5.00 Å². The minimum Gasteiger partial charge on any atom is -0.497 e. The Hall–Kier alpha value is -3.12. The van der Waals surface area contributed by atoms with E-state index in [1.165, 1.54) is 11.3 Å². The molecule has 0 spiro atoms. The SMILES string of the molecule is CCOC(=O)c1cc(-c2ccccc2)sc1NC(=O)CCc1ccc(OC)cc1. The van der Waals surface area contributed by atoms with E-state index in [4.69, 9.17) is 9.47 Å². The molecule has 1 aromatic heterocycles. The fraction of sp³-hybridized carbons (Fsp3) is 0.217. The molecule has 0 saturated carbocycles. The van der Waals surface area contributed by atoms with Crippen LogP contribution >= 0.6 is 11.3 Å². The second kappa shape index (κ2) is 9.89. The van der Waals surface area contributed by atoms with E-state index in [1.807, 2.05) is 54.6 Å². The lowest BCUT2D eigenvalue weighted by Crippen LogP contribution is -2.14. The van der Waals surface area contributed by atoms with Crippen LogP contribution in [0.15, 0.2) is 60.7 Å². The molecule has 29 heavy (non-hydrogen) atoms. The van der Waals surface area contributed by atoms with E-state index in [-0.39, 0.29) is 12.5 Å². The molecule has 1 N–H and O–H groups in total. The van der Waals surface area contributed by atoms with Gasteiger partial charge in [0.05, 0.1) is 19.3 Å². The number of ether oxygens (including phenoxy) is 2. The first-order valence-corrected chi connectivity index (χ1v) is 10.2. The minimum atomic E-state index is -0.434. The van der Waals surface area contributed by atoms with Gasteiger partial charge >= 0.3 is 5.97 Å². The first kappa shape index (κ1) is 20.6. The summed E-state index contributed by atoms with van der Waals surface area (Å²) in [5.74, 6) is 0.202. The lowest BCUT2D eigenvalue weighted by molar-refractivity contribution is -0.116. The molecule has 0 saturated heterocycles. The smallest absolute Gasteiger partial charge is 0.341 e. The van der Waals surface area contributed by atoms with Crippen molar-refractivity contribution < 1.29 is 19.1 Å². The number of nitrogens with one attached hydrogen (secondary N) is 1. The van der Waals surface area contributed by atoms with Gasteiger partial charge in [-0.05, 0) is 42.7 Å². The van der Waals surface area contributed by atoms with E-state index < -0.39 is 5.97 Å². The Bertz CT molecular complexity index is 964. The largest absolute Gasteiger partial charge is 0.497 e. The third kappa shape index (κ3) is 5.45. The summed E-state index contributed by atoms with van der Waals surface area (Å²) < 4.78 is 10.3. The summed E-state index contributed by atoms with van der Waals surface area (Å²) in [6, 6.07) is 19.1. The molecular weight excluding hydrogens is 386 g/mol. The maximum atomic E-state index is 12.5. The number of hydrogen-bond acceptors (Lipinski definition) is 5. The van der Waals surface area contributed by atoms with Gasteiger partial charge in [0, 0.05) is 11.3 Å². The van der Waals surface area contributed by atoms with Crippen LogP contribution in [0.1, 0.15) is 29.3 Å². The topological polar surface area (TPSA) is 64.6 Å². The fourth-order valence-electron chi connectivity index (χ4n) is 2.83. The number of benzene rings is 2. The van der Waals surface area contributed by atoms with Crippen LogP contribution in [-0.4, -0.2) is 25.6 Å². The number of carbonyl (C=O) groups is 2. The van der Waals surface area contributed by atoms with Crippen LogP contribution < -0.4 is 10.1 Å². The summed E-state index contributed by atoms with van der Waals surface area (Å²) in [6.45, 7) is 2.04. The highest BCUT2D eigenvalue weighted by Crippen LogP contribution is 2.36. The predicted octanol–water partition coefficient (Wildman–Crippen LogP) is 5.17. The van der Waals surface area contributed by atoms with E-state index in [9.17, 15) is 9.59 Å². The van der Waals surface area contributed by atoms with Crippen molar-refractivity contribution >= 4 is 28.2 Å². The third-order valence-electron chi connectivity index (χ3n) is 4.34. The zero-order valence-corrected chi connectivity index (χ0v) is 17.3.